The highest BCUT2D eigenvalue weighted by atomic mass is 32.1. The van der Waals surface area contributed by atoms with Crippen molar-refractivity contribution in [1.29, 1.82) is 0 Å². The van der Waals surface area contributed by atoms with Gasteiger partial charge in [-0.1, -0.05) is 26.1 Å². The predicted molar refractivity (Wildman–Crippen MR) is 63.0 cm³/mol. The van der Waals surface area contributed by atoms with Gasteiger partial charge in [-0.3, -0.25) is 0 Å². The Balaban J connectivity index is 0.000000461. The van der Waals surface area contributed by atoms with Crippen LogP contribution < -0.4 is 0 Å². The minimum absolute atomic E-state index is 0.765. The van der Waals surface area contributed by atoms with Crippen LogP contribution in [0, 0.1) is 11.6 Å². The first-order valence-electron chi connectivity index (χ1n) is 4.72. The lowest BCUT2D eigenvalue weighted by atomic mass is 10.2. The van der Waals surface area contributed by atoms with Crippen LogP contribution in [-0.4, -0.2) is 9.97 Å². The van der Waals surface area contributed by atoms with E-state index in [1.54, 1.807) is 6.20 Å². The summed E-state index contributed by atoms with van der Waals surface area (Å²) in [7, 11) is 0. The number of fused-ring (bicyclic) bond motifs is 1. The maximum atomic E-state index is 5.09. The Morgan fingerprint density at radius 3 is 2.79 bits per heavy atom. The van der Waals surface area contributed by atoms with E-state index in [2.05, 4.69) is 9.97 Å². The summed E-state index contributed by atoms with van der Waals surface area (Å²) in [5.41, 5.74) is 1.94. The normalized spacial score (nSPS) is 9.36. The van der Waals surface area contributed by atoms with Gasteiger partial charge in [0, 0.05) is 11.6 Å². The van der Waals surface area contributed by atoms with Gasteiger partial charge >= 0.3 is 0 Å². The molecule has 3 heteroatoms. The van der Waals surface area contributed by atoms with E-state index in [-0.39, 0.29) is 0 Å². The van der Waals surface area contributed by atoms with Gasteiger partial charge in [0.05, 0.1) is 0 Å². The Kier molecular flexibility index (Phi) is 3.77. The molecule has 2 aromatic rings. The van der Waals surface area contributed by atoms with Gasteiger partial charge in [-0.15, -0.1) is 0 Å². The maximum Gasteiger partial charge on any atom is 0.138 e. The van der Waals surface area contributed by atoms with Crippen molar-refractivity contribution in [3.63, 3.8) is 0 Å². The van der Waals surface area contributed by atoms with Crippen molar-refractivity contribution in [3.05, 3.63) is 34.6 Å². The number of hydrogen-bond donors (Lipinski definition) is 1. The van der Waals surface area contributed by atoms with E-state index >= 15 is 0 Å². The number of hydrogen-bond acceptors (Lipinski definition) is 2. The Hall–Kier alpha value is -1.22. The third kappa shape index (κ3) is 2.17. The molecule has 0 unspecified atom stereocenters. The van der Waals surface area contributed by atoms with Gasteiger partial charge in [-0.25, -0.2) is 4.98 Å². The maximum absolute atomic E-state index is 5.09. The monoisotopic (exact) mass is 206 g/mol. The summed E-state index contributed by atoms with van der Waals surface area (Å²) in [6.07, 6.45) is 1.75. The van der Waals surface area contributed by atoms with Crippen molar-refractivity contribution in [3.8, 4) is 0 Å². The van der Waals surface area contributed by atoms with Crippen LogP contribution >= 0.6 is 12.2 Å². The fourth-order valence-electron chi connectivity index (χ4n) is 1.14. The van der Waals surface area contributed by atoms with Gasteiger partial charge in [-0.05, 0) is 30.7 Å². The first kappa shape index (κ1) is 10.9. The number of aromatic nitrogens is 2. The van der Waals surface area contributed by atoms with Crippen LogP contribution in [0.25, 0.3) is 11.0 Å². The largest absolute Gasteiger partial charge is 0.331 e. The van der Waals surface area contributed by atoms with E-state index in [0.717, 1.165) is 21.2 Å². The smallest absolute Gasteiger partial charge is 0.138 e. The highest BCUT2D eigenvalue weighted by Gasteiger charge is 1.94. The molecule has 0 aliphatic carbocycles. The zero-order chi connectivity index (χ0) is 10.6. The Labute approximate surface area is 89.0 Å². The second-order valence-corrected chi connectivity index (χ2v) is 3.13. The molecule has 0 radical (unpaired) electrons. The van der Waals surface area contributed by atoms with Crippen LogP contribution in [0.2, 0.25) is 0 Å². The van der Waals surface area contributed by atoms with Gasteiger partial charge in [0.15, 0.2) is 0 Å². The molecule has 0 atom stereocenters. The molecule has 0 aliphatic heterocycles. The lowest BCUT2D eigenvalue weighted by Crippen LogP contribution is -1.85. The summed E-state index contributed by atoms with van der Waals surface area (Å²) in [5, 5.41) is 1.10. The zero-order valence-electron chi connectivity index (χ0n) is 8.66. The van der Waals surface area contributed by atoms with Gasteiger partial charge in [0.25, 0.3) is 0 Å². The minimum atomic E-state index is 0.765. The summed E-state index contributed by atoms with van der Waals surface area (Å²) in [4.78, 5) is 7.22. The first-order valence-corrected chi connectivity index (χ1v) is 5.13. The highest BCUT2D eigenvalue weighted by molar-refractivity contribution is 7.71. The van der Waals surface area contributed by atoms with Crippen LogP contribution in [0.5, 0.6) is 0 Å². The molecule has 0 bridgehead atoms. The fraction of sp³-hybridized carbons (Fsp3) is 0.273. The standard InChI is InChI=1S/C9H8N2S.C2H6/c1-6-5-7-3-2-4-10-8(7)11-9(6)12;1-2/h2-5H,1H3,(H,10,11,12);1-2H3. The Morgan fingerprint density at radius 2 is 2.07 bits per heavy atom. The molecule has 0 spiro atoms. The number of pyridine rings is 2. The van der Waals surface area contributed by atoms with Crippen molar-refractivity contribution >= 4 is 23.3 Å². The van der Waals surface area contributed by atoms with Crippen LogP contribution in [0.1, 0.15) is 19.4 Å². The zero-order valence-corrected chi connectivity index (χ0v) is 9.48. The molecule has 2 aromatic heterocycles. The summed E-state index contributed by atoms with van der Waals surface area (Å²) >= 11 is 5.09. The van der Waals surface area contributed by atoms with E-state index in [1.165, 1.54) is 0 Å². The lowest BCUT2D eigenvalue weighted by Gasteiger charge is -1.97. The predicted octanol–water partition coefficient (Wildman–Crippen LogP) is 3.63. The molecule has 2 rings (SSSR count). The lowest BCUT2D eigenvalue weighted by molar-refractivity contribution is 1.23. The van der Waals surface area contributed by atoms with Crippen LogP contribution in [-0.2, 0) is 0 Å². The van der Waals surface area contributed by atoms with Crippen LogP contribution in [0.15, 0.2) is 24.4 Å². The summed E-state index contributed by atoms with van der Waals surface area (Å²) in [6.45, 7) is 5.99. The topological polar surface area (TPSA) is 28.7 Å². The van der Waals surface area contributed by atoms with Crippen molar-refractivity contribution < 1.29 is 0 Å². The number of aryl methyl sites for hydroxylation is 1. The molecule has 1 N–H and O–H groups in total. The summed E-state index contributed by atoms with van der Waals surface area (Å²) in [5.74, 6) is 0. The third-order valence-corrected chi connectivity index (χ3v) is 2.23. The molecule has 14 heavy (non-hydrogen) atoms. The van der Waals surface area contributed by atoms with Gasteiger partial charge in [0.2, 0.25) is 0 Å². The van der Waals surface area contributed by atoms with E-state index in [1.807, 2.05) is 39.0 Å². The van der Waals surface area contributed by atoms with Gasteiger partial charge in [0.1, 0.15) is 10.3 Å². The van der Waals surface area contributed by atoms with Crippen molar-refractivity contribution in [2.75, 3.05) is 0 Å². The number of aromatic amines is 1. The number of rotatable bonds is 0. The number of nitrogens with one attached hydrogen (secondary N) is 1. The number of H-pyrrole nitrogens is 1. The van der Waals surface area contributed by atoms with E-state index in [0.29, 0.717) is 0 Å². The van der Waals surface area contributed by atoms with Crippen molar-refractivity contribution in [2.45, 2.75) is 20.8 Å². The molecule has 0 aromatic carbocycles. The molecular formula is C11H14N2S. The molecule has 0 saturated heterocycles. The van der Waals surface area contributed by atoms with Gasteiger partial charge < -0.3 is 4.98 Å². The van der Waals surface area contributed by atoms with E-state index in [9.17, 15) is 0 Å². The molecule has 74 valence electrons. The van der Waals surface area contributed by atoms with Gasteiger partial charge in [-0.2, -0.15) is 0 Å². The average Bonchev–Trinajstić information content (AvgIpc) is 2.23. The SMILES string of the molecule is CC.Cc1cc2cccnc2[nH]c1=S. The average molecular weight is 206 g/mol. The first-order chi connectivity index (χ1) is 6.77. The van der Waals surface area contributed by atoms with Crippen LogP contribution in [0.4, 0.5) is 0 Å². The van der Waals surface area contributed by atoms with Crippen molar-refractivity contribution in [1.82, 2.24) is 9.97 Å². The number of nitrogens with zero attached hydrogens (tertiary/aromatic N) is 1. The second kappa shape index (κ2) is 4.86. The fourth-order valence-corrected chi connectivity index (χ4v) is 1.30. The van der Waals surface area contributed by atoms with Crippen molar-refractivity contribution in [2.24, 2.45) is 0 Å². The molecule has 0 saturated carbocycles. The molecule has 2 nitrogen and oxygen atoms in total. The second-order valence-electron chi connectivity index (χ2n) is 2.72. The summed E-state index contributed by atoms with van der Waals surface area (Å²) in [6, 6.07) is 5.97. The quantitative estimate of drug-likeness (QED) is 0.667. The highest BCUT2D eigenvalue weighted by Crippen LogP contribution is 2.10. The summed E-state index contributed by atoms with van der Waals surface area (Å²) < 4.78 is 0.765. The molecule has 0 aliphatic rings. The van der Waals surface area contributed by atoms with Crippen LogP contribution in [0.3, 0.4) is 0 Å². The molecular weight excluding hydrogens is 192 g/mol. The molecule has 0 fully saturated rings. The molecule has 0 amide bonds. The molecule has 2 heterocycles. The minimum Gasteiger partial charge on any atom is -0.331 e. The van der Waals surface area contributed by atoms with E-state index < -0.39 is 0 Å². The van der Waals surface area contributed by atoms with E-state index in [4.69, 9.17) is 12.2 Å². The Bertz CT molecular complexity index is 474. The Morgan fingerprint density at radius 1 is 1.36 bits per heavy atom. The third-order valence-electron chi connectivity index (χ3n) is 1.80.